The summed E-state index contributed by atoms with van der Waals surface area (Å²) in [7, 11) is 0. The molecule has 0 aliphatic rings. The summed E-state index contributed by atoms with van der Waals surface area (Å²) in [6.45, 7) is 1.76. The maximum absolute atomic E-state index is 13.1. The number of amides is 2. The number of hydrogen-bond acceptors (Lipinski definition) is 3. The van der Waals surface area contributed by atoms with Crippen LogP contribution in [0.5, 0.6) is 5.75 Å². The molecular formula is C25H22Cl4N2O3. The topological polar surface area (TPSA) is 58.6 Å². The van der Waals surface area contributed by atoms with E-state index in [1.54, 1.807) is 73.7 Å². The Labute approximate surface area is 218 Å². The van der Waals surface area contributed by atoms with Crippen LogP contribution in [0, 0.1) is 0 Å². The van der Waals surface area contributed by atoms with Crippen LogP contribution in [-0.2, 0) is 22.7 Å². The average Bonchev–Trinajstić information content (AvgIpc) is 2.82. The van der Waals surface area contributed by atoms with Crippen molar-refractivity contribution >= 4 is 58.2 Å². The van der Waals surface area contributed by atoms with Gasteiger partial charge in [-0.3, -0.25) is 9.59 Å². The van der Waals surface area contributed by atoms with Crippen LogP contribution in [0.2, 0.25) is 20.1 Å². The lowest BCUT2D eigenvalue weighted by Crippen LogP contribution is -2.48. The van der Waals surface area contributed by atoms with Crippen molar-refractivity contribution in [2.75, 3.05) is 6.61 Å². The standard InChI is InChI=1S/C25H22Cl4N2O3/c1-16(25(33)30-13-18-8-11-20(27)12-22(18)29)31(14-17-6-9-19(26)10-7-17)24(32)15-34-23-5-3-2-4-21(23)28/h2-12,16H,13-15H2,1H3,(H,30,33). The summed E-state index contributed by atoms with van der Waals surface area (Å²) in [5.74, 6) is -0.327. The van der Waals surface area contributed by atoms with Crippen LogP contribution >= 0.6 is 46.4 Å². The number of rotatable bonds is 9. The molecule has 0 aliphatic carbocycles. The molecule has 0 aliphatic heterocycles. The predicted molar refractivity (Wildman–Crippen MR) is 137 cm³/mol. The molecule has 3 rings (SSSR count). The fraction of sp³-hybridized carbons (Fsp3) is 0.200. The van der Waals surface area contributed by atoms with Crippen molar-refractivity contribution in [3.8, 4) is 5.75 Å². The number of carbonyl (C=O) groups excluding carboxylic acids is 2. The van der Waals surface area contributed by atoms with Gasteiger partial charge in [0.25, 0.3) is 5.91 Å². The first kappa shape index (κ1) is 26.2. The van der Waals surface area contributed by atoms with E-state index in [2.05, 4.69) is 5.32 Å². The van der Waals surface area contributed by atoms with Crippen LogP contribution in [0.15, 0.2) is 66.7 Å². The zero-order valence-corrected chi connectivity index (χ0v) is 21.3. The smallest absolute Gasteiger partial charge is 0.261 e. The highest BCUT2D eigenvalue weighted by Crippen LogP contribution is 2.24. The lowest BCUT2D eigenvalue weighted by Gasteiger charge is -2.29. The molecule has 34 heavy (non-hydrogen) atoms. The van der Waals surface area contributed by atoms with E-state index in [1.807, 2.05) is 0 Å². The van der Waals surface area contributed by atoms with Gasteiger partial charge in [-0.1, -0.05) is 76.7 Å². The van der Waals surface area contributed by atoms with Crippen molar-refractivity contribution in [3.63, 3.8) is 0 Å². The molecule has 0 saturated carbocycles. The Hall–Kier alpha value is -2.44. The van der Waals surface area contributed by atoms with Crippen molar-refractivity contribution in [2.24, 2.45) is 0 Å². The minimum absolute atomic E-state index is 0.193. The minimum atomic E-state index is -0.788. The summed E-state index contributed by atoms with van der Waals surface area (Å²) < 4.78 is 5.62. The van der Waals surface area contributed by atoms with E-state index in [4.69, 9.17) is 51.1 Å². The second-order valence-electron chi connectivity index (χ2n) is 7.50. The Morgan fingerprint density at radius 3 is 2.26 bits per heavy atom. The molecule has 0 bridgehead atoms. The van der Waals surface area contributed by atoms with E-state index in [0.29, 0.717) is 31.4 Å². The van der Waals surface area contributed by atoms with Gasteiger partial charge in [0.15, 0.2) is 6.61 Å². The first-order valence-electron chi connectivity index (χ1n) is 10.4. The Morgan fingerprint density at radius 2 is 1.59 bits per heavy atom. The van der Waals surface area contributed by atoms with Gasteiger partial charge in [-0.25, -0.2) is 0 Å². The molecule has 3 aromatic rings. The van der Waals surface area contributed by atoms with Crippen LogP contribution in [0.1, 0.15) is 18.1 Å². The number of ether oxygens (including phenoxy) is 1. The summed E-state index contributed by atoms with van der Waals surface area (Å²) in [6.07, 6.45) is 0. The average molecular weight is 540 g/mol. The van der Waals surface area contributed by atoms with Crippen LogP contribution in [0.3, 0.4) is 0 Å². The summed E-state index contributed by atoms with van der Waals surface area (Å²) in [6, 6.07) is 18.2. The monoisotopic (exact) mass is 538 g/mol. The third-order valence-electron chi connectivity index (χ3n) is 5.09. The van der Waals surface area contributed by atoms with Crippen LogP contribution in [0.4, 0.5) is 0 Å². The lowest BCUT2D eigenvalue weighted by atomic mass is 10.1. The molecule has 9 heteroatoms. The number of para-hydroxylation sites is 1. The number of nitrogens with zero attached hydrogens (tertiary/aromatic N) is 1. The summed E-state index contributed by atoms with van der Waals surface area (Å²) in [5, 5.41) is 4.75. The molecule has 1 unspecified atom stereocenters. The van der Waals surface area contributed by atoms with Gasteiger partial charge >= 0.3 is 0 Å². The van der Waals surface area contributed by atoms with Crippen LogP contribution in [-0.4, -0.2) is 29.4 Å². The molecule has 0 spiro atoms. The molecular weight excluding hydrogens is 518 g/mol. The second-order valence-corrected chi connectivity index (χ2v) is 9.18. The molecule has 0 heterocycles. The third kappa shape index (κ3) is 7.28. The van der Waals surface area contributed by atoms with Gasteiger partial charge in [0.2, 0.25) is 5.91 Å². The number of hydrogen-bond donors (Lipinski definition) is 1. The van der Waals surface area contributed by atoms with Gasteiger partial charge in [0.1, 0.15) is 11.8 Å². The van der Waals surface area contributed by atoms with E-state index in [1.165, 1.54) is 4.90 Å². The van der Waals surface area contributed by atoms with Gasteiger partial charge in [-0.2, -0.15) is 0 Å². The molecule has 0 saturated heterocycles. The molecule has 3 aromatic carbocycles. The molecule has 1 N–H and O–H groups in total. The number of carbonyl (C=O) groups is 2. The molecule has 2 amide bonds. The predicted octanol–water partition coefficient (Wildman–Crippen LogP) is 6.41. The summed E-state index contributed by atoms with van der Waals surface area (Å²) >= 11 is 24.2. The SMILES string of the molecule is CC(C(=O)NCc1ccc(Cl)cc1Cl)N(Cc1ccc(Cl)cc1)C(=O)COc1ccccc1Cl. The van der Waals surface area contributed by atoms with E-state index in [0.717, 1.165) is 5.56 Å². The lowest BCUT2D eigenvalue weighted by molar-refractivity contribution is -0.142. The molecule has 5 nitrogen and oxygen atoms in total. The van der Waals surface area contributed by atoms with E-state index >= 15 is 0 Å². The molecule has 1 atom stereocenters. The Kier molecular flexibility index (Phi) is 9.48. The molecule has 178 valence electrons. The summed E-state index contributed by atoms with van der Waals surface area (Å²) in [4.78, 5) is 27.5. The number of benzene rings is 3. The zero-order valence-electron chi connectivity index (χ0n) is 18.2. The highest BCUT2D eigenvalue weighted by atomic mass is 35.5. The number of halogens is 4. The fourth-order valence-corrected chi connectivity index (χ4v) is 3.94. The van der Waals surface area contributed by atoms with Gasteiger partial charge in [-0.15, -0.1) is 0 Å². The number of nitrogens with one attached hydrogen (secondary N) is 1. The fourth-order valence-electron chi connectivity index (χ4n) is 3.15. The van der Waals surface area contributed by atoms with Gasteiger partial charge in [0.05, 0.1) is 5.02 Å². The second kappa shape index (κ2) is 12.3. The van der Waals surface area contributed by atoms with Crippen molar-refractivity contribution in [1.29, 1.82) is 0 Å². The van der Waals surface area contributed by atoms with Crippen molar-refractivity contribution in [1.82, 2.24) is 10.2 Å². The molecule has 0 aromatic heterocycles. The van der Waals surface area contributed by atoms with Crippen molar-refractivity contribution in [2.45, 2.75) is 26.1 Å². The maximum Gasteiger partial charge on any atom is 0.261 e. The van der Waals surface area contributed by atoms with Gasteiger partial charge in [-0.05, 0) is 54.4 Å². The summed E-state index contributed by atoms with van der Waals surface area (Å²) in [5.41, 5.74) is 1.53. The van der Waals surface area contributed by atoms with Crippen LogP contribution < -0.4 is 10.1 Å². The molecule has 0 fully saturated rings. The Bertz CT molecular complexity index is 1160. The normalized spacial score (nSPS) is 11.6. The van der Waals surface area contributed by atoms with Crippen molar-refractivity contribution < 1.29 is 14.3 Å². The Balaban J connectivity index is 1.72. The van der Waals surface area contributed by atoms with E-state index < -0.39 is 6.04 Å². The van der Waals surface area contributed by atoms with E-state index in [-0.39, 0.29) is 31.5 Å². The minimum Gasteiger partial charge on any atom is -0.482 e. The van der Waals surface area contributed by atoms with Crippen molar-refractivity contribution in [3.05, 3.63) is 97.9 Å². The first-order valence-corrected chi connectivity index (χ1v) is 11.9. The molecule has 0 radical (unpaired) electrons. The highest BCUT2D eigenvalue weighted by molar-refractivity contribution is 6.35. The van der Waals surface area contributed by atoms with Crippen LogP contribution in [0.25, 0.3) is 0 Å². The first-order chi connectivity index (χ1) is 16.2. The largest absolute Gasteiger partial charge is 0.482 e. The van der Waals surface area contributed by atoms with Gasteiger partial charge in [0, 0.05) is 28.2 Å². The highest BCUT2D eigenvalue weighted by Gasteiger charge is 2.26. The van der Waals surface area contributed by atoms with Gasteiger partial charge < -0.3 is 15.0 Å². The maximum atomic E-state index is 13.1. The zero-order chi connectivity index (χ0) is 24.7. The van der Waals surface area contributed by atoms with E-state index in [9.17, 15) is 9.59 Å². The quantitative estimate of drug-likeness (QED) is 0.341. The third-order valence-corrected chi connectivity index (χ3v) is 6.24. The Morgan fingerprint density at radius 1 is 0.912 bits per heavy atom.